The number of aliphatic carboxylic acids is 1. The number of thiazole rings is 1. The van der Waals surface area contributed by atoms with Gasteiger partial charge in [0.05, 0.1) is 11.6 Å². The highest BCUT2D eigenvalue weighted by atomic mass is 32.1. The van der Waals surface area contributed by atoms with E-state index in [1.165, 1.54) is 0 Å². The molecule has 1 saturated carbocycles. The van der Waals surface area contributed by atoms with Crippen LogP contribution in [0.4, 0.5) is 5.13 Å². The van der Waals surface area contributed by atoms with Gasteiger partial charge in [-0.05, 0) is 19.3 Å². The van der Waals surface area contributed by atoms with Crippen molar-refractivity contribution in [2.24, 2.45) is 5.92 Å². The Kier molecular flexibility index (Phi) is 3.99. The highest BCUT2D eigenvalue weighted by Crippen LogP contribution is 2.28. The molecule has 94 valence electrons. The van der Waals surface area contributed by atoms with Gasteiger partial charge < -0.3 is 10.4 Å². The fourth-order valence-corrected chi connectivity index (χ4v) is 3.15. The maximum Gasteiger partial charge on any atom is 0.308 e. The lowest BCUT2D eigenvalue weighted by molar-refractivity contribution is -0.143. The molecular weight excluding hydrogens is 236 g/mol. The number of hydrogen-bond acceptors (Lipinski definition) is 4. The molecule has 4 nitrogen and oxygen atoms in total. The fourth-order valence-electron chi connectivity index (χ4n) is 2.29. The number of nitrogens with zero attached hydrogens (tertiary/aromatic N) is 1. The number of hydrogen-bond donors (Lipinski definition) is 2. The van der Waals surface area contributed by atoms with Gasteiger partial charge in [0.1, 0.15) is 0 Å². The summed E-state index contributed by atoms with van der Waals surface area (Å²) in [7, 11) is 0. The van der Waals surface area contributed by atoms with E-state index in [2.05, 4.69) is 17.2 Å². The molecule has 1 heterocycles. The van der Waals surface area contributed by atoms with Gasteiger partial charge in [0, 0.05) is 11.4 Å². The average molecular weight is 254 g/mol. The molecule has 1 aliphatic carbocycles. The van der Waals surface area contributed by atoms with Crippen LogP contribution < -0.4 is 5.32 Å². The highest BCUT2D eigenvalue weighted by Gasteiger charge is 2.31. The van der Waals surface area contributed by atoms with Crippen LogP contribution in [0.25, 0.3) is 0 Å². The summed E-state index contributed by atoms with van der Waals surface area (Å²) in [5, 5.41) is 15.4. The zero-order chi connectivity index (χ0) is 12.3. The summed E-state index contributed by atoms with van der Waals surface area (Å²) in [6.45, 7) is 2.07. The van der Waals surface area contributed by atoms with E-state index in [0.29, 0.717) is 0 Å². The first-order valence-corrected chi connectivity index (χ1v) is 7.02. The number of anilines is 1. The Morgan fingerprint density at radius 2 is 2.35 bits per heavy atom. The molecule has 2 rings (SSSR count). The summed E-state index contributed by atoms with van der Waals surface area (Å²) in [5.41, 5.74) is 1.07. The molecule has 0 aliphatic heterocycles. The number of aryl methyl sites for hydroxylation is 1. The van der Waals surface area contributed by atoms with E-state index in [1.807, 2.05) is 5.38 Å². The first kappa shape index (κ1) is 12.4. The molecular formula is C12H18N2O2S. The summed E-state index contributed by atoms with van der Waals surface area (Å²) in [4.78, 5) is 15.6. The van der Waals surface area contributed by atoms with Gasteiger partial charge in [-0.15, -0.1) is 11.3 Å². The molecule has 0 aromatic carbocycles. The predicted octanol–water partition coefficient (Wildman–Crippen LogP) is 2.76. The van der Waals surface area contributed by atoms with Crippen molar-refractivity contribution in [2.75, 3.05) is 5.32 Å². The first-order chi connectivity index (χ1) is 8.20. The molecule has 0 bridgehead atoms. The van der Waals surface area contributed by atoms with Crippen molar-refractivity contribution in [3.63, 3.8) is 0 Å². The zero-order valence-corrected chi connectivity index (χ0v) is 10.8. The van der Waals surface area contributed by atoms with Crippen LogP contribution in [0, 0.1) is 5.92 Å². The Morgan fingerprint density at radius 3 is 3.00 bits per heavy atom. The third-order valence-electron chi connectivity index (χ3n) is 3.31. The standard InChI is InChI=1S/C12H18N2O2S/c1-2-8-7-17-12(13-8)14-10-6-4-3-5-9(10)11(15)16/h7,9-10H,2-6H2,1H3,(H,13,14)(H,15,16). The van der Waals surface area contributed by atoms with Gasteiger partial charge in [0.15, 0.2) is 5.13 Å². The molecule has 1 aliphatic rings. The number of nitrogens with one attached hydrogen (secondary N) is 1. The third-order valence-corrected chi connectivity index (χ3v) is 4.13. The van der Waals surface area contributed by atoms with Crippen molar-refractivity contribution >= 4 is 22.4 Å². The smallest absolute Gasteiger partial charge is 0.308 e. The molecule has 0 radical (unpaired) electrons. The van der Waals surface area contributed by atoms with Gasteiger partial charge in [-0.1, -0.05) is 19.8 Å². The zero-order valence-electron chi connectivity index (χ0n) is 9.98. The number of rotatable bonds is 4. The van der Waals surface area contributed by atoms with Crippen molar-refractivity contribution in [2.45, 2.75) is 45.1 Å². The SMILES string of the molecule is CCc1csc(NC2CCCCC2C(=O)O)n1. The van der Waals surface area contributed by atoms with E-state index in [9.17, 15) is 9.90 Å². The molecule has 0 amide bonds. The van der Waals surface area contributed by atoms with E-state index < -0.39 is 5.97 Å². The summed E-state index contributed by atoms with van der Waals surface area (Å²) in [6.07, 6.45) is 4.75. The Balaban J connectivity index is 2.02. The Hall–Kier alpha value is -1.10. The summed E-state index contributed by atoms with van der Waals surface area (Å²) >= 11 is 1.57. The highest BCUT2D eigenvalue weighted by molar-refractivity contribution is 7.13. The van der Waals surface area contributed by atoms with Crippen molar-refractivity contribution in [1.29, 1.82) is 0 Å². The van der Waals surface area contributed by atoms with E-state index >= 15 is 0 Å². The summed E-state index contributed by atoms with van der Waals surface area (Å²) in [6, 6.07) is 0.0390. The Bertz CT molecular complexity index is 392. The van der Waals surface area contributed by atoms with Gasteiger partial charge in [-0.25, -0.2) is 4.98 Å². The third kappa shape index (κ3) is 2.97. The van der Waals surface area contributed by atoms with Gasteiger partial charge in [0.25, 0.3) is 0 Å². The van der Waals surface area contributed by atoms with Gasteiger partial charge in [0.2, 0.25) is 0 Å². The van der Waals surface area contributed by atoms with Crippen molar-refractivity contribution < 1.29 is 9.90 Å². The van der Waals surface area contributed by atoms with Crippen LogP contribution in [0.15, 0.2) is 5.38 Å². The normalized spacial score (nSPS) is 24.5. The maximum atomic E-state index is 11.2. The van der Waals surface area contributed by atoms with Gasteiger partial charge >= 0.3 is 5.97 Å². The predicted molar refractivity (Wildman–Crippen MR) is 68.5 cm³/mol. The largest absolute Gasteiger partial charge is 0.481 e. The lowest BCUT2D eigenvalue weighted by atomic mass is 9.85. The van der Waals surface area contributed by atoms with Crippen molar-refractivity contribution in [3.8, 4) is 0 Å². The average Bonchev–Trinajstić information content (AvgIpc) is 2.77. The molecule has 2 atom stereocenters. The van der Waals surface area contributed by atoms with E-state index in [1.54, 1.807) is 11.3 Å². The Morgan fingerprint density at radius 1 is 1.59 bits per heavy atom. The van der Waals surface area contributed by atoms with Crippen LogP contribution in [0.5, 0.6) is 0 Å². The summed E-state index contributed by atoms with van der Waals surface area (Å²) < 4.78 is 0. The molecule has 17 heavy (non-hydrogen) atoms. The minimum Gasteiger partial charge on any atom is -0.481 e. The molecule has 5 heteroatoms. The second kappa shape index (κ2) is 5.49. The van der Waals surface area contributed by atoms with E-state index in [4.69, 9.17) is 0 Å². The molecule has 1 aromatic rings. The number of carboxylic acid groups (broad SMARTS) is 1. The van der Waals surface area contributed by atoms with Gasteiger partial charge in [-0.3, -0.25) is 4.79 Å². The second-order valence-electron chi connectivity index (χ2n) is 4.48. The van der Waals surface area contributed by atoms with E-state index in [0.717, 1.165) is 42.9 Å². The second-order valence-corrected chi connectivity index (χ2v) is 5.34. The molecule has 1 aromatic heterocycles. The first-order valence-electron chi connectivity index (χ1n) is 6.14. The lowest BCUT2D eigenvalue weighted by Crippen LogP contribution is -2.37. The minimum absolute atomic E-state index is 0.0390. The number of aromatic nitrogens is 1. The minimum atomic E-state index is -0.686. The van der Waals surface area contributed by atoms with Gasteiger partial charge in [-0.2, -0.15) is 0 Å². The monoisotopic (exact) mass is 254 g/mol. The quantitative estimate of drug-likeness (QED) is 0.867. The maximum absolute atomic E-state index is 11.2. The summed E-state index contributed by atoms with van der Waals surface area (Å²) in [5.74, 6) is -0.952. The topological polar surface area (TPSA) is 62.2 Å². The fraction of sp³-hybridized carbons (Fsp3) is 0.667. The molecule has 0 saturated heterocycles. The number of carbonyl (C=O) groups is 1. The van der Waals surface area contributed by atoms with Crippen LogP contribution >= 0.6 is 11.3 Å². The van der Waals surface area contributed by atoms with Crippen molar-refractivity contribution in [3.05, 3.63) is 11.1 Å². The number of carboxylic acids is 1. The Labute approximate surface area is 105 Å². The van der Waals surface area contributed by atoms with Crippen LogP contribution in [0.2, 0.25) is 0 Å². The van der Waals surface area contributed by atoms with Crippen LogP contribution in [-0.4, -0.2) is 22.1 Å². The molecule has 1 fully saturated rings. The van der Waals surface area contributed by atoms with Crippen LogP contribution in [-0.2, 0) is 11.2 Å². The van der Waals surface area contributed by atoms with Crippen LogP contribution in [0.3, 0.4) is 0 Å². The van der Waals surface area contributed by atoms with Crippen molar-refractivity contribution in [1.82, 2.24) is 4.98 Å². The lowest BCUT2D eigenvalue weighted by Gasteiger charge is -2.28. The van der Waals surface area contributed by atoms with E-state index in [-0.39, 0.29) is 12.0 Å². The molecule has 2 unspecified atom stereocenters. The van der Waals surface area contributed by atoms with Crippen LogP contribution in [0.1, 0.15) is 38.3 Å². The molecule has 2 N–H and O–H groups in total. The molecule has 0 spiro atoms.